The summed E-state index contributed by atoms with van der Waals surface area (Å²) in [5.41, 5.74) is 0. The molecule has 0 spiro atoms. The molecule has 0 bridgehead atoms. The van der Waals surface area contributed by atoms with Gasteiger partial charge in [0.15, 0.2) is 0 Å². The van der Waals surface area contributed by atoms with Crippen molar-refractivity contribution in [2.75, 3.05) is 0 Å². The lowest BCUT2D eigenvalue weighted by Gasteiger charge is -2.14. The number of aryl methyl sites for hydroxylation is 1. The number of hydrogen-bond donors (Lipinski definition) is 1. The molecule has 0 radical (unpaired) electrons. The van der Waals surface area contributed by atoms with Crippen LogP contribution in [-0.4, -0.2) is 11.0 Å². The maximum absolute atomic E-state index is 4.40. The first-order valence-corrected chi connectivity index (χ1v) is 7.37. The third-order valence-electron chi connectivity index (χ3n) is 3.32. The van der Waals surface area contributed by atoms with Crippen molar-refractivity contribution >= 4 is 11.3 Å². The minimum atomic E-state index is 0.745. The third kappa shape index (κ3) is 3.56. The Morgan fingerprint density at radius 3 is 2.69 bits per heavy atom. The van der Waals surface area contributed by atoms with E-state index in [-0.39, 0.29) is 0 Å². The first kappa shape index (κ1) is 12.1. The molecule has 0 unspecified atom stereocenters. The van der Waals surface area contributed by atoms with Crippen LogP contribution in [0, 0.1) is 0 Å². The monoisotopic (exact) mass is 238 g/mol. The van der Waals surface area contributed by atoms with E-state index in [1.165, 1.54) is 48.4 Å². The van der Waals surface area contributed by atoms with Gasteiger partial charge in [-0.3, -0.25) is 0 Å². The average molecular weight is 238 g/mol. The van der Waals surface area contributed by atoms with Crippen LogP contribution in [0.2, 0.25) is 0 Å². The molecule has 1 heterocycles. The Bertz CT molecular complexity index is 301. The molecular formula is C13H22N2S. The van der Waals surface area contributed by atoms with Crippen LogP contribution in [-0.2, 0) is 13.0 Å². The molecular weight excluding hydrogens is 216 g/mol. The van der Waals surface area contributed by atoms with E-state index in [1.807, 2.05) is 17.5 Å². The zero-order chi connectivity index (χ0) is 11.2. The highest BCUT2D eigenvalue weighted by Gasteiger charge is 2.11. The fraction of sp³-hybridized carbons (Fsp3) is 0.769. The van der Waals surface area contributed by atoms with Crippen LogP contribution in [0.15, 0.2) is 6.20 Å². The van der Waals surface area contributed by atoms with Gasteiger partial charge in [0.25, 0.3) is 0 Å². The van der Waals surface area contributed by atoms with E-state index in [9.17, 15) is 0 Å². The van der Waals surface area contributed by atoms with Gasteiger partial charge in [-0.25, -0.2) is 4.98 Å². The van der Waals surface area contributed by atoms with Crippen molar-refractivity contribution < 1.29 is 0 Å². The minimum absolute atomic E-state index is 0.745. The highest BCUT2D eigenvalue weighted by molar-refractivity contribution is 7.11. The van der Waals surface area contributed by atoms with Crippen molar-refractivity contribution in [2.45, 2.75) is 64.5 Å². The fourth-order valence-corrected chi connectivity index (χ4v) is 3.13. The van der Waals surface area contributed by atoms with Crippen molar-refractivity contribution in [3.63, 3.8) is 0 Å². The largest absolute Gasteiger partial charge is 0.309 e. The molecule has 0 atom stereocenters. The van der Waals surface area contributed by atoms with Crippen LogP contribution in [0.1, 0.15) is 55.3 Å². The van der Waals surface area contributed by atoms with Crippen molar-refractivity contribution in [2.24, 2.45) is 0 Å². The summed E-state index contributed by atoms with van der Waals surface area (Å²) >= 11 is 1.85. The van der Waals surface area contributed by atoms with Gasteiger partial charge in [-0.05, 0) is 19.3 Å². The molecule has 1 aliphatic carbocycles. The van der Waals surface area contributed by atoms with Gasteiger partial charge in [-0.1, -0.05) is 32.6 Å². The van der Waals surface area contributed by atoms with Crippen LogP contribution >= 0.6 is 11.3 Å². The summed E-state index contributed by atoms with van der Waals surface area (Å²) in [6.07, 6.45) is 11.5. The standard InChI is InChI=1S/C13H22N2S/c1-2-13-15-10-12(16-13)9-14-11-7-5-3-4-6-8-11/h10-11,14H,2-9H2,1H3. The van der Waals surface area contributed by atoms with Crippen LogP contribution in [0.5, 0.6) is 0 Å². The quantitative estimate of drug-likeness (QED) is 0.812. The summed E-state index contributed by atoms with van der Waals surface area (Å²) in [7, 11) is 0. The zero-order valence-corrected chi connectivity index (χ0v) is 11.0. The van der Waals surface area contributed by atoms with Gasteiger partial charge in [0.05, 0.1) is 5.01 Å². The van der Waals surface area contributed by atoms with Crippen LogP contribution in [0.25, 0.3) is 0 Å². The predicted octanol–water partition coefficient (Wildman–Crippen LogP) is 3.52. The van der Waals surface area contributed by atoms with Gasteiger partial charge in [0.1, 0.15) is 0 Å². The first-order chi connectivity index (χ1) is 7.88. The molecule has 1 aromatic heterocycles. The second-order valence-electron chi connectivity index (χ2n) is 4.64. The number of nitrogens with one attached hydrogen (secondary N) is 1. The van der Waals surface area contributed by atoms with Gasteiger partial charge in [-0.2, -0.15) is 0 Å². The third-order valence-corrected chi connectivity index (χ3v) is 4.47. The number of aromatic nitrogens is 1. The summed E-state index contributed by atoms with van der Waals surface area (Å²) in [5, 5.41) is 4.95. The van der Waals surface area contributed by atoms with Gasteiger partial charge in [-0.15, -0.1) is 11.3 Å². The van der Waals surface area contributed by atoms with E-state index in [0.717, 1.165) is 19.0 Å². The molecule has 16 heavy (non-hydrogen) atoms. The van der Waals surface area contributed by atoms with Gasteiger partial charge < -0.3 is 5.32 Å². The molecule has 2 nitrogen and oxygen atoms in total. The Morgan fingerprint density at radius 2 is 2.06 bits per heavy atom. The van der Waals surface area contributed by atoms with Crippen molar-refractivity contribution in [1.82, 2.24) is 10.3 Å². The number of hydrogen-bond acceptors (Lipinski definition) is 3. The second kappa shape index (κ2) is 6.36. The highest BCUT2D eigenvalue weighted by atomic mass is 32.1. The lowest BCUT2D eigenvalue weighted by atomic mass is 10.1. The van der Waals surface area contributed by atoms with E-state index < -0.39 is 0 Å². The van der Waals surface area contributed by atoms with Crippen LogP contribution in [0.4, 0.5) is 0 Å². The minimum Gasteiger partial charge on any atom is -0.309 e. The summed E-state index contributed by atoms with van der Waals surface area (Å²) in [4.78, 5) is 5.79. The Morgan fingerprint density at radius 1 is 1.31 bits per heavy atom. The Kier molecular flexibility index (Phi) is 4.79. The molecule has 0 amide bonds. The van der Waals surface area contributed by atoms with E-state index >= 15 is 0 Å². The molecule has 1 aromatic rings. The van der Waals surface area contributed by atoms with Gasteiger partial charge in [0.2, 0.25) is 0 Å². The molecule has 1 saturated carbocycles. The first-order valence-electron chi connectivity index (χ1n) is 6.55. The van der Waals surface area contributed by atoms with Gasteiger partial charge >= 0.3 is 0 Å². The maximum atomic E-state index is 4.40. The molecule has 1 aliphatic rings. The summed E-state index contributed by atoms with van der Waals surface area (Å²) < 4.78 is 0. The molecule has 1 N–H and O–H groups in total. The van der Waals surface area contributed by atoms with Gasteiger partial charge in [0, 0.05) is 23.7 Å². The summed E-state index contributed by atoms with van der Waals surface area (Å²) in [6, 6.07) is 0.745. The average Bonchev–Trinajstić information content (AvgIpc) is 2.61. The number of thiazole rings is 1. The molecule has 1 fully saturated rings. The summed E-state index contributed by atoms with van der Waals surface area (Å²) in [5.74, 6) is 0. The topological polar surface area (TPSA) is 24.9 Å². The smallest absolute Gasteiger partial charge is 0.0925 e. The maximum Gasteiger partial charge on any atom is 0.0925 e. The normalized spacial score (nSPS) is 18.6. The Balaban J connectivity index is 1.77. The van der Waals surface area contributed by atoms with Crippen molar-refractivity contribution in [3.05, 3.63) is 16.1 Å². The van der Waals surface area contributed by atoms with Crippen LogP contribution in [0.3, 0.4) is 0 Å². The SMILES string of the molecule is CCc1ncc(CNC2CCCCCC2)s1. The molecule has 0 aromatic carbocycles. The van der Waals surface area contributed by atoms with Crippen molar-refractivity contribution in [1.29, 1.82) is 0 Å². The zero-order valence-electron chi connectivity index (χ0n) is 10.2. The van der Waals surface area contributed by atoms with E-state index in [0.29, 0.717) is 0 Å². The fourth-order valence-electron chi connectivity index (χ4n) is 2.32. The van der Waals surface area contributed by atoms with Crippen LogP contribution < -0.4 is 5.32 Å². The second-order valence-corrected chi connectivity index (χ2v) is 5.84. The molecule has 0 aliphatic heterocycles. The predicted molar refractivity (Wildman–Crippen MR) is 69.8 cm³/mol. The number of rotatable bonds is 4. The molecule has 3 heteroatoms. The van der Waals surface area contributed by atoms with E-state index in [2.05, 4.69) is 17.2 Å². The number of nitrogens with zero attached hydrogens (tertiary/aromatic N) is 1. The molecule has 2 rings (SSSR count). The van der Waals surface area contributed by atoms with E-state index in [1.54, 1.807) is 0 Å². The Hall–Kier alpha value is -0.410. The van der Waals surface area contributed by atoms with Crippen molar-refractivity contribution in [3.8, 4) is 0 Å². The molecule has 90 valence electrons. The lowest BCUT2D eigenvalue weighted by molar-refractivity contribution is 0.461. The lowest BCUT2D eigenvalue weighted by Crippen LogP contribution is -2.27. The van der Waals surface area contributed by atoms with E-state index in [4.69, 9.17) is 0 Å². The molecule has 0 saturated heterocycles. The summed E-state index contributed by atoms with van der Waals surface area (Å²) in [6.45, 7) is 3.18. The highest BCUT2D eigenvalue weighted by Crippen LogP contribution is 2.18. The Labute approximate surface area is 102 Å².